The molecule has 1 aromatic heterocycles. The Morgan fingerprint density at radius 2 is 0.939 bits per heavy atom. The lowest BCUT2D eigenvalue weighted by Crippen LogP contribution is -2.30. The zero-order chi connectivity index (χ0) is 22.7. The van der Waals surface area contributed by atoms with Gasteiger partial charge in [-0.15, -0.1) is 0 Å². The van der Waals surface area contributed by atoms with Crippen LogP contribution in [0.1, 0.15) is 0 Å². The summed E-state index contributed by atoms with van der Waals surface area (Å²) in [7, 11) is -3.42. The maximum atomic E-state index is 14.8. The molecule has 0 aliphatic carbocycles. The third kappa shape index (κ3) is 4.11. The summed E-state index contributed by atoms with van der Waals surface area (Å²) in [6, 6.07) is 33.9. The van der Waals surface area contributed by atoms with Crippen molar-refractivity contribution in [1.82, 2.24) is 15.0 Å². The van der Waals surface area contributed by atoms with Gasteiger partial charge in [0.25, 0.3) is 0 Å². The van der Waals surface area contributed by atoms with E-state index in [1.165, 1.54) is 12.1 Å². The Morgan fingerprint density at radius 3 is 1.42 bits per heavy atom. The Balaban J connectivity index is 1.80. The van der Waals surface area contributed by atoms with E-state index in [2.05, 4.69) is 9.97 Å². The van der Waals surface area contributed by atoms with Crippen LogP contribution in [0.15, 0.2) is 115 Å². The minimum Gasteiger partial charge on any atom is -0.305 e. The third-order valence-electron chi connectivity index (χ3n) is 5.28. The van der Waals surface area contributed by atoms with Gasteiger partial charge in [0.1, 0.15) is 5.82 Å². The SMILES string of the molecule is O=P(c1ccccc1)(c1ccccc1)c1nc(-c2ccccc2)nc(-c2ccc(F)cc2)n1. The standard InChI is InChI=1S/C27H19FN3OP/c28-22-18-16-21(17-19-22)26-29-25(20-10-4-1-5-11-20)30-27(31-26)33(32,23-12-6-2-7-13-23)24-14-8-3-9-15-24/h1-19H. The largest absolute Gasteiger partial charge is 0.305 e. The van der Waals surface area contributed by atoms with E-state index in [4.69, 9.17) is 4.98 Å². The molecule has 5 rings (SSSR count). The van der Waals surface area contributed by atoms with Crippen LogP contribution in [0.25, 0.3) is 22.8 Å². The van der Waals surface area contributed by atoms with Crippen molar-refractivity contribution >= 4 is 23.3 Å². The fourth-order valence-electron chi connectivity index (χ4n) is 3.61. The van der Waals surface area contributed by atoms with Crippen LogP contribution in [0.4, 0.5) is 4.39 Å². The fraction of sp³-hybridized carbons (Fsp3) is 0. The summed E-state index contributed by atoms with van der Waals surface area (Å²) in [6.07, 6.45) is 0. The van der Waals surface area contributed by atoms with E-state index in [0.717, 1.165) is 5.56 Å². The summed E-state index contributed by atoms with van der Waals surface area (Å²) in [4.78, 5) is 14.0. The van der Waals surface area contributed by atoms with Crippen LogP contribution in [-0.4, -0.2) is 15.0 Å². The smallest absolute Gasteiger partial charge is 0.206 e. The highest BCUT2D eigenvalue weighted by atomic mass is 31.2. The lowest BCUT2D eigenvalue weighted by molar-refractivity contribution is 0.591. The Hall–Kier alpha value is -3.95. The van der Waals surface area contributed by atoms with E-state index in [9.17, 15) is 8.96 Å². The normalized spacial score (nSPS) is 11.3. The molecule has 0 fully saturated rings. The summed E-state index contributed by atoms with van der Waals surface area (Å²) in [5.74, 6) is 0.397. The predicted molar refractivity (Wildman–Crippen MR) is 130 cm³/mol. The second kappa shape index (κ2) is 8.89. The molecule has 0 N–H and O–H groups in total. The molecule has 0 aliphatic rings. The average Bonchev–Trinajstić information content (AvgIpc) is 2.90. The lowest BCUT2D eigenvalue weighted by Gasteiger charge is -2.19. The highest BCUT2D eigenvalue weighted by Gasteiger charge is 2.34. The number of nitrogens with zero attached hydrogens (tertiary/aromatic N) is 3. The van der Waals surface area contributed by atoms with Crippen LogP contribution >= 0.6 is 7.14 Å². The van der Waals surface area contributed by atoms with Gasteiger partial charge < -0.3 is 4.57 Å². The molecule has 4 nitrogen and oxygen atoms in total. The minimum absolute atomic E-state index is 0.188. The molecule has 0 unspecified atom stereocenters. The molecule has 0 radical (unpaired) electrons. The van der Waals surface area contributed by atoms with Gasteiger partial charge in [-0.3, -0.25) is 0 Å². The minimum atomic E-state index is -3.42. The maximum absolute atomic E-state index is 14.8. The van der Waals surface area contributed by atoms with Crippen LogP contribution in [0.2, 0.25) is 0 Å². The van der Waals surface area contributed by atoms with Crippen LogP contribution in [-0.2, 0) is 4.57 Å². The molecular weight excluding hydrogens is 432 g/mol. The molecular formula is C27H19FN3OP. The van der Waals surface area contributed by atoms with Crippen molar-refractivity contribution in [3.63, 3.8) is 0 Å². The first-order valence-electron chi connectivity index (χ1n) is 10.4. The number of aromatic nitrogens is 3. The number of benzene rings is 4. The van der Waals surface area contributed by atoms with Crippen LogP contribution in [0, 0.1) is 5.82 Å². The number of halogens is 1. The van der Waals surface area contributed by atoms with Gasteiger partial charge in [-0.2, -0.15) is 0 Å². The molecule has 5 aromatic rings. The molecule has 0 saturated heterocycles. The number of hydrogen-bond acceptors (Lipinski definition) is 4. The zero-order valence-corrected chi connectivity index (χ0v) is 18.4. The highest BCUT2D eigenvalue weighted by molar-refractivity contribution is 7.84. The Labute approximate surface area is 191 Å². The summed E-state index contributed by atoms with van der Waals surface area (Å²) < 4.78 is 28.4. The second-order valence-electron chi connectivity index (χ2n) is 7.44. The van der Waals surface area contributed by atoms with Gasteiger partial charge in [-0.25, -0.2) is 19.3 Å². The second-order valence-corrected chi connectivity index (χ2v) is 10.1. The van der Waals surface area contributed by atoms with Crippen LogP contribution in [0.5, 0.6) is 0 Å². The van der Waals surface area contributed by atoms with Crippen molar-refractivity contribution in [3.05, 3.63) is 121 Å². The van der Waals surface area contributed by atoms with Crippen molar-refractivity contribution in [1.29, 1.82) is 0 Å². The third-order valence-corrected chi connectivity index (χ3v) is 8.09. The molecule has 0 amide bonds. The summed E-state index contributed by atoms with van der Waals surface area (Å²) in [6.45, 7) is 0. The first kappa shape index (κ1) is 20.9. The average molecular weight is 451 g/mol. The molecule has 0 bridgehead atoms. The zero-order valence-electron chi connectivity index (χ0n) is 17.5. The van der Waals surface area contributed by atoms with Gasteiger partial charge >= 0.3 is 0 Å². The quantitative estimate of drug-likeness (QED) is 0.354. The van der Waals surface area contributed by atoms with Crippen molar-refractivity contribution in [2.24, 2.45) is 0 Å². The van der Waals surface area contributed by atoms with Gasteiger partial charge in [-0.05, 0) is 24.3 Å². The maximum Gasteiger partial charge on any atom is 0.206 e. The highest BCUT2D eigenvalue weighted by Crippen LogP contribution is 2.41. The van der Waals surface area contributed by atoms with E-state index in [1.807, 2.05) is 91.0 Å². The summed E-state index contributed by atoms with van der Waals surface area (Å²) in [5.41, 5.74) is 1.58. The van der Waals surface area contributed by atoms with E-state index >= 15 is 0 Å². The van der Waals surface area contributed by atoms with Crippen LogP contribution < -0.4 is 16.2 Å². The molecule has 33 heavy (non-hydrogen) atoms. The first-order chi connectivity index (χ1) is 16.1. The van der Waals surface area contributed by atoms with Crippen LogP contribution in [0.3, 0.4) is 0 Å². The van der Waals surface area contributed by atoms with Gasteiger partial charge in [0, 0.05) is 21.7 Å². The summed E-state index contributed by atoms with van der Waals surface area (Å²) in [5, 5.41) is 1.26. The topological polar surface area (TPSA) is 55.7 Å². The molecule has 0 saturated carbocycles. The molecule has 0 aliphatic heterocycles. The van der Waals surface area contributed by atoms with Gasteiger partial charge in [-0.1, -0.05) is 91.0 Å². The monoisotopic (exact) mass is 451 g/mol. The lowest BCUT2D eigenvalue weighted by atomic mass is 10.2. The predicted octanol–water partition coefficient (Wildman–Crippen LogP) is 4.98. The molecule has 6 heteroatoms. The summed E-state index contributed by atoms with van der Waals surface area (Å²) >= 11 is 0. The molecule has 4 aromatic carbocycles. The van der Waals surface area contributed by atoms with Crippen molar-refractivity contribution in [2.45, 2.75) is 0 Å². The molecule has 0 spiro atoms. The van der Waals surface area contributed by atoms with E-state index in [0.29, 0.717) is 27.8 Å². The van der Waals surface area contributed by atoms with Gasteiger partial charge in [0.15, 0.2) is 11.6 Å². The van der Waals surface area contributed by atoms with Crippen molar-refractivity contribution < 1.29 is 8.96 Å². The number of rotatable bonds is 5. The first-order valence-corrected chi connectivity index (χ1v) is 12.1. The number of hydrogen-bond donors (Lipinski definition) is 0. The Kier molecular flexibility index (Phi) is 5.64. The van der Waals surface area contributed by atoms with Crippen molar-refractivity contribution in [3.8, 4) is 22.8 Å². The van der Waals surface area contributed by atoms with E-state index in [-0.39, 0.29) is 11.4 Å². The van der Waals surface area contributed by atoms with Crippen molar-refractivity contribution in [2.75, 3.05) is 0 Å². The molecule has 1 heterocycles. The van der Waals surface area contributed by atoms with E-state index < -0.39 is 7.14 Å². The Bertz CT molecular complexity index is 1380. The van der Waals surface area contributed by atoms with E-state index in [1.54, 1.807) is 12.1 Å². The fourth-order valence-corrected chi connectivity index (χ4v) is 6.02. The van der Waals surface area contributed by atoms with Gasteiger partial charge in [0.2, 0.25) is 12.7 Å². The Morgan fingerprint density at radius 1 is 0.515 bits per heavy atom. The van der Waals surface area contributed by atoms with Gasteiger partial charge in [0.05, 0.1) is 0 Å². The molecule has 0 atom stereocenters. The molecule has 160 valence electrons.